The summed E-state index contributed by atoms with van der Waals surface area (Å²) in [5.74, 6) is 4.35. The van der Waals surface area contributed by atoms with Crippen LogP contribution in [0.15, 0.2) is 0 Å². The van der Waals surface area contributed by atoms with Crippen LogP contribution >= 0.6 is 0 Å². The van der Waals surface area contributed by atoms with Crippen molar-refractivity contribution in [1.29, 1.82) is 0 Å². The van der Waals surface area contributed by atoms with Gasteiger partial charge in [-0.3, -0.25) is 0 Å². The van der Waals surface area contributed by atoms with Crippen molar-refractivity contribution in [3.05, 3.63) is 5.92 Å². The van der Waals surface area contributed by atoms with Crippen molar-refractivity contribution < 1.29 is 0 Å². The smallest absolute Gasteiger partial charge is 0.0238 e. The zero-order chi connectivity index (χ0) is 21.5. The summed E-state index contributed by atoms with van der Waals surface area (Å²) in [6.45, 7) is 28.9. The second-order valence-electron chi connectivity index (χ2n) is 13.6. The third-order valence-electron chi connectivity index (χ3n) is 5.50. The fraction of sp³-hybridized carbons (Fsp3) is 0.963. The highest BCUT2D eigenvalue weighted by atomic mass is 14.3. The maximum absolute atomic E-state index is 2.47. The van der Waals surface area contributed by atoms with E-state index in [9.17, 15) is 0 Å². The van der Waals surface area contributed by atoms with Crippen molar-refractivity contribution in [2.75, 3.05) is 0 Å². The molecule has 0 fully saturated rings. The summed E-state index contributed by atoms with van der Waals surface area (Å²) in [5, 5.41) is 0. The van der Waals surface area contributed by atoms with Gasteiger partial charge in [-0.05, 0) is 78.4 Å². The van der Waals surface area contributed by atoms with Gasteiger partial charge in [0.15, 0.2) is 0 Å². The maximum Gasteiger partial charge on any atom is -0.0238 e. The molecule has 0 aromatic carbocycles. The molecular formula is C27H55. The third-order valence-corrected chi connectivity index (χ3v) is 5.50. The van der Waals surface area contributed by atoms with Gasteiger partial charge in [0.05, 0.1) is 0 Å². The van der Waals surface area contributed by atoms with Gasteiger partial charge in [-0.1, -0.05) is 95.9 Å². The standard InChI is InChI=1S/C27H55/c1-21(18-25(4,5)6)13-15-24(17-23(3)20-27(10,11)12)16-14-22(2)19-26(7,8)9/h21-23H,13-20H2,1-12H3. The molecule has 163 valence electrons. The molecule has 0 aromatic heterocycles. The Bertz CT molecular complexity index is 344. The van der Waals surface area contributed by atoms with Crippen molar-refractivity contribution in [2.24, 2.45) is 34.0 Å². The zero-order valence-electron chi connectivity index (χ0n) is 21.4. The molecule has 0 aliphatic rings. The van der Waals surface area contributed by atoms with Crippen LogP contribution in [0, 0.1) is 39.9 Å². The van der Waals surface area contributed by atoms with E-state index in [0.717, 1.165) is 17.8 Å². The number of hydrogen-bond donors (Lipinski definition) is 0. The molecular weight excluding hydrogens is 324 g/mol. The van der Waals surface area contributed by atoms with Crippen molar-refractivity contribution >= 4 is 0 Å². The summed E-state index contributed by atoms with van der Waals surface area (Å²) in [6.07, 6.45) is 10.8. The minimum Gasteiger partial charge on any atom is -0.0625 e. The van der Waals surface area contributed by atoms with Crippen LogP contribution in [0.5, 0.6) is 0 Å². The molecule has 0 bridgehead atoms. The minimum absolute atomic E-state index is 0.448. The SMILES string of the molecule is CC(CC[C](CCC(C)CC(C)(C)C)CC(C)CC(C)(C)C)CC(C)(C)C. The summed E-state index contributed by atoms with van der Waals surface area (Å²) in [4.78, 5) is 0. The predicted molar refractivity (Wildman–Crippen MR) is 126 cm³/mol. The molecule has 0 heterocycles. The van der Waals surface area contributed by atoms with Gasteiger partial charge in [0, 0.05) is 0 Å². The van der Waals surface area contributed by atoms with E-state index in [1.54, 1.807) is 0 Å². The second kappa shape index (κ2) is 11.3. The second-order valence-corrected chi connectivity index (χ2v) is 13.6. The fourth-order valence-electron chi connectivity index (χ4n) is 5.14. The van der Waals surface area contributed by atoms with E-state index in [0.29, 0.717) is 16.2 Å². The molecule has 0 spiro atoms. The van der Waals surface area contributed by atoms with Crippen LogP contribution in [0.25, 0.3) is 0 Å². The van der Waals surface area contributed by atoms with Gasteiger partial charge in [-0.15, -0.1) is 0 Å². The lowest BCUT2D eigenvalue weighted by Crippen LogP contribution is -2.16. The fourth-order valence-corrected chi connectivity index (χ4v) is 5.14. The molecule has 0 heteroatoms. The van der Waals surface area contributed by atoms with Crippen molar-refractivity contribution in [2.45, 2.75) is 134 Å². The van der Waals surface area contributed by atoms with Crippen LogP contribution in [0.2, 0.25) is 0 Å². The van der Waals surface area contributed by atoms with Gasteiger partial charge in [0.2, 0.25) is 0 Å². The molecule has 27 heavy (non-hydrogen) atoms. The lowest BCUT2D eigenvalue weighted by atomic mass is 9.76. The Hall–Kier alpha value is 0. The van der Waals surface area contributed by atoms with E-state index < -0.39 is 0 Å². The molecule has 1 radical (unpaired) electrons. The first-order chi connectivity index (χ1) is 12.0. The van der Waals surface area contributed by atoms with Crippen LogP contribution in [0.4, 0.5) is 0 Å². The monoisotopic (exact) mass is 379 g/mol. The topological polar surface area (TPSA) is 0 Å². The average Bonchev–Trinajstić information content (AvgIpc) is 2.35. The summed E-state index contributed by atoms with van der Waals surface area (Å²) in [7, 11) is 0. The van der Waals surface area contributed by atoms with E-state index in [-0.39, 0.29) is 0 Å². The summed E-state index contributed by atoms with van der Waals surface area (Å²) in [6, 6.07) is 0. The molecule has 0 aliphatic heterocycles. The maximum atomic E-state index is 2.47. The Morgan fingerprint density at radius 2 is 0.815 bits per heavy atom. The van der Waals surface area contributed by atoms with E-state index in [4.69, 9.17) is 0 Å². The van der Waals surface area contributed by atoms with Crippen molar-refractivity contribution in [1.82, 2.24) is 0 Å². The van der Waals surface area contributed by atoms with E-state index in [2.05, 4.69) is 83.1 Å². The van der Waals surface area contributed by atoms with Crippen molar-refractivity contribution in [3.8, 4) is 0 Å². The Morgan fingerprint density at radius 3 is 1.11 bits per heavy atom. The highest BCUT2D eigenvalue weighted by molar-refractivity contribution is 4.93. The molecule has 3 atom stereocenters. The Kier molecular flexibility index (Phi) is 11.3. The number of rotatable bonds is 11. The molecule has 0 rings (SSSR count). The van der Waals surface area contributed by atoms with Gasteiger partial charge in [0.1, 0.15) is 0 Å². The van der Waals surface area contributed by atoms with E-state index in [1.165, 1.54) is 51.4 Å². The molecule has 0 saturated carbocycles. The largest absolute Gasteiger partial charge is 0.0625 e. The first kappa shape index (κ1) is 27.0. The third kappa shape index (κ3) is 17.8. The van der Waals surface area contributed by atoms with Crippen LogP contribution in [0.3, 0.4) is 0 Å². The Labute approximate surface area is 174 Å². The van der Waals surface area contributed by atoms with Gasteiger partial charge in [-0.2, -0.15) is 0 Å². The quantitative estimate of drug-likeness (QED) is 0.335. The van der Waals surface area contributed by atoms with Gasteiger partial charge in [0.25, 0.3) is 0 Å². The minimum atomic E-state index is 0.448. The normalized spacial score (nSPS) is 17.2. The highest BCUT2D eigenvalue weighted by Crippen LogP contribution is 2.36. The van der Waals surface area contributed by atoms with Gasteiger partial charge in [-0.25, -0.2) is 0 Å². The summed E-state index contributed by atoms with van der Waals surface area (Å²) in [5.41, 5.74) is 1.37. The Balaban J connectivity index is 4.69. The molecule has 0 saturated heterocycles. The molecule has 0 aliphatic carbocycles. The molecule has 0 nitrogen and oxygen atoms in total. The van der Waals surface area contributed by atoms with Gasteiger partial charge >= 0.3 is 0 Å². The summed E-state index contributed by atoms with van der Waals surface area (Å²) < 4.78 is 0. The molecule has 0 amide bonds. The lowest BCUT2D eigenvalue weighted by Gasteiger charge is -2.29. The predicted octanol–water partition coefficient (Wildman–Crippen LogP) is 9.73. The molecule has 3 unspecified atom stereocenters. The van der Waals surface area contributed by atoms with E-state index in [1.807, 2.05) is 5.92 Å². The van der Waals surface area contributed by atoms with Crippen LogP contribution < -0.4 is 0 Å². The average molecular weight is 380 g/mol. The van der Waals surface area contributed by atoms with Gasteiger partial charge < -0.3 is 0 Å². The van der Waals surface area contributed by atoms with Crippen LogP contribution in [0.1, 0.15) is 134 Å². The number of hydrogen-bond acceptors (Lipinski definition) is 0. The first-order valence-electron chi connectivity index (χ1n) is 11.8. The van der Waals surface area contributed by atoms with Crippen LogP contribution in [-0.2, 0) is 0 Å². The first-order valence-corrected chi connectivity index (χ1v) is 11.8. The lowest BCUT2D eigenvalue weighted by molar-refractivity contribution is 0.270. The van der Waals surface area contributed by atoms with Crippen LogP contribution in [-0.4, -0.2) is 0 Å². The Morgan fingerprint density at radius 1 is 0.519 bits per heavy atom. The van der Waals surface area contributed by atoms with E-state index >= 15 is 0 Å². The highest BCUT2D eigenvalue weighted by Gasteiger charge is 2.23. The zero-order valence-corrected chi connectivity index (χ0v) is 21.4. The molecule has 0 aromatic rings. The molecule has 0 N–H and O–H groups in total. The van der Waals surface area contributed by atoms with Crippen molar-refractivity contribution in [3.63, 3.8) is 0 Å². The summed E-state index contributed by atoms with van der Waals surface area (Å²) >= 11 is 0.